The molecule has 0 aromatic heterocycles. The Hall–Kier alpha value is -3.16. The Morgan fingerprint density at radius 2 is 1.23 bits per heavy atom. The van der Waals surface area contributed by atoms with Gasteiger partial charge in [-0.15, -0.1) is 0 Å². The van der Waals surface area contributed by atoms with Gasteiger partial charge in [-0.1, -0.05) is 12.1 Å². The molecule has 0 amide bonds. The molecule has 2 aliphatic heterocycles. The highest BCUT2D eigenvalue weighted by Crippen LogP contribution is 2.37. The van der Waals surface area contributed by atoms with E-state index in [1.165, 1.54) is 6.92 Å². The Kier molecular flexibility index (Phi) is 9.29. The van der Waals surface area contributed by atoms with Crippen LogP contribution < -0.4 is 10.2 Å². The van der Waals surface area contributed by atoms with E-state index in [0.29, 0.717) is 5.75 Å². The molecule has 13 heteroatoms. The van der Waals surface area contributed by atoms with E-state index in [0.717, 1.165) is 26.2 Å². The van der Waals surface area contributed by atoms with Gasteiger partial charge in [0.2, 0.25) is 12.4 Å². The minimum Gasteiger partial charge on any atom is -0.463 e. The van der Waals surface area contributed by atoms with Crippen molar-refractivity contribution >= 4 is 36.5 Å². The number of carbonyl (C=O) groups is 4. The predicted molar refractivity (Wildman–Crippen MR) is 135 cm³/mol. The van der Waals surface area contributed by atoms with E-state index < -0.39 is 72.9 Å². The standard InChI is InChI=1S/C26H35BO12/c1-14(28)32-13-20-21(33-15(2)29)22(34-16(3)30)23(35-17(4)31)24(37-20)36-19-11-9-18(10-12-19)27-38-25(5,6)26(7,8)39-27/h9-12,20-24H,13H2,1-8H3/t20?,21-,22?,23?,24+/m1/s1. The van der Waals surface area contributed by atoms with E-state index in [9.17, 15) is 19.2 Å². The summed E-state index contributed by atoms with van der Waals surface area (Å²) in [7, 11) is -0.588. The van der Waals surface area contributed by atoms with Crippen molar-refractivity contribution in [3.63, 3.8) is 0 Å². The largest absolute Gasteiger partial charge is 0.494 e. The smallest absolute Gasteiger partial charge is 0.463 e. The zero-order valence-electron chi connectivity index (χ0n) is 23.4. The highest BCUT2D eigenvalue weighted by molar-refractivity contribution is 6.62. The number of hydrogen-bond donors (Lipinski definition) is 0. The third kappa shape index (κ3) is 7.49. The van der Waals surface area contributed by atoms with Crippen molar-refractivity contribution in [2.45, 2.75) is 97.3 Å². The summed E-state index contributed by atoms with van der Waals surface area (Å²) < 4.78 is 45.4. The lowest BCUT2D eigenvalue weighted by atomic mass is 9.79. The molecule has 2 aliphatic rings. The van der Waals surface area contributed by atoms with Crippen LogP contribution in [-0.4, -0.2) is 79.5 Å². The molecule has 39 heavy (non-hydrogen) atoms. The molecule has 2 heterocycles. The summed E-state index contributed by atoms with van der Waals surface area (Å²) in [6.07, 6.45) is -6.34. The van der Waals surface area contributed by atoms with Gasteiger partial charge in [0.05, 0.1) is 11.2 Å². The molecule has 0 N–H and O–H groups in total. The summed E-state index contributed by atoms with van der Waals surface area (Å²) in [4.78, 5) is 47.3. The maximum Gasteiger partial charge on any atom is 0.494 e. The minimum absolute atomic E-state index is 0.316. The molecule has 5 atom stereocenters. The van der Waals surface area contributed by atoms with Crippen molar-refractivity contribution in [1.29, 1.82) is 0 Å². The first-order valence-corrected chi connectivity index (χ1v) is 12.5. The summed E-state index contributed by atoms with van der Waals surface area (Å²) in [5.74, 6) is -2.45. The molecule has 3 rings (SSSR count). The molecule has 1 aromatic carbocycles. The average molecular weight is 550 g/mol. The first-order chi connectivity index (χ1) is 18.1. The molecular weight excluding hydrogens is 515 g/mol. The number of hydrogen-bond acceptors (Lipinski definition) is 12. The number of benzene rings is 1. The first kappa shape index (κ1) is 30.4. The van der Waals surface area contributed by atoms with Gasteiger partial charge in [0.15, 0.2) is 12.2 Å². The normalized spacial score (nSPS) is 27.3. The Balaban J connectivity index is 1.89. The summed E-state index contributed by atoms with van der Waals surface area (Å²) in [5.41, 5.74) is -0.273. The van der Waals surface area contributed by atoms with E-state index in [1.54, 1.807) is 24.3 Å². The zero-order chi connectivity index (χ0) is 29.1. The van der Waals surface area contributed by atoms with Gasteiger partial charge in [0, 0.05) is 27.7 Å². The molecule has 0 radical (unpaired) electrons. The van der Waals surface area contributed by atoms with Gasteiger partial charge in [0.1, 0.15) is 18.5 Å². The third-order valence-electron chi connectivity index (χ3n) is 6.61. The molecule has 0 bridgehead atoms. The second-order valence-electron chi connectivity index (χ2n) is 10.3. The maximum atomic E-state index is 12.0. The van der Waals surface area contributed by atoms with Gasteiger partial charge >= 0.3 is 31.0 Å². The van der Waals surface area contributed by atoms with Crippen LogP contribution in [0.2, 0.25) is 0 Å². The number of esters is 4. The third-order valence-corrected chi connectivity index (χ3v) is 6.61. The Bertz CT molecular complexity index is 1050. The summed E-state index contributed by atoms with van der Waals surface area (Å²) in [5, 5.41) is 0. The monoisotopic (exact) mass is 550 g/mol. The number of rotatable bonds is 8. The molecule has 3 unspecified atom stereocenters. The van der Waals surface area contributed by atoms with Gasteiger partial charge in [-0.05, 0) is 45.3 Å². The Morgan fingerprint density at radius 1 is 0.744 bits per heavy atom. The quantitative estimate of drug-likeness (QED) is 0.263. The van der Waals surface area contributed by atoms with Gasteiger partial charge in [-0.25, -0.2) is 0 Å². The second kappa shape index (κ2) is 11.9. The highest BCUT2D eigenvalue weighted by atomic mass is 16.7. The van der Waals surface area contributed by atoms with E-state index in [2.05, 4.69) is 0 Å². The molecule has 0 aliphatic carbocycles. The van der Waals surface area contributed by atoms with Crippen molar-refractivity contribution < 1.29 is 56.9 Å². The van der Waals surface area contributed by atoms with E-state index in [4.69, 9.17) is 37.7 Å². The van der Waals surface area contributed by atoms with Crippen LogP contribution in [0.1, 0.15) is 55.4 Å². The van der Waals surface area contributed by atoms with Crippen molar-refractivity contribution in [2.75, 3.05) is 6.61 Å². The van der Waals surface area contributed by atoms with Crippen LogP contribution >= 0.6 is 0 Å². The zero-order valence-corrected chi connectivity index (χ0v) is 23.4. The van der Waals surface area contributed by atoms with Crippen LogP contribution in [0.3, 0.4) is 0 Å². The molecular formula is C26H35BO12. The van der Waals surface area contributed by atoms with Gasteiger partial charge < -0.3 is 37.7 Å². The Labute approximate surface area is 227 Å². The summed E-state index contributed by atoms with van der Waals surface area (Å²) in [6, 6.07) is 6.80. The van der Waals surface area contributed by atoms with Crippen molar-refractivity contribution in [3.8, 4) is 5.75 Å². The van der Waals surface area contributed by atoms with E-state index >= 15 is 0 Å². The molecule has 2 saturated heterocycles. The predicted octanol–water partition coefficient (Wildman–Crippen LogP) is 1.45. The minimum atomic E-state index is -1.33. The Morgan fingerprint density at radius 3 is 1.72 bits per heavy atom. The van der Waals surface area contributed by atoms with E-state index in [-0.39, 0.29) is 6.61 Å². The SMILES string of the molecule is CC(=O)OCC1O[C@H](Oc2ccc(B3OC(C)(C)C(C)(C)O3)cc2)C(OC(C)=O)C(OC(C)=O)[C@@H]1OC(C)=O. The van der Waals surface area contributed by atoms with Crippen LogP contribution in [-0.2, 0) is 52.2 Å². The van der Waals surface area contributed by atoms with Gasteiger partial charge in [-0.3, -0.25) is 19.2 Å². The second-order valence-corrected chi connectivity index (χ2v) is 10.3. The molecule has 2 fully saturated rings. The van der Waals surface area contributed by atoms with Crippen LogP contribution in [0.4, 0.5) is 0 Å². The first-order valence-electron chi connectivity index (χ1n) is 12.5. The van der Waals surface area contributed by atoms with Crippen LogP contribution in [0.15, 0.2) is 24.3 Å². The molecule has 214 valence electrons. The fourth-order valence-corrected chi connectivity index (χ4v) is 4.10. The van der Waals surface area contributed by atoms with Crippen LogP contribution in [0, 0.1) is 0 Å². The summed E-state index contributed by atoms with van der Waals surface area (Å²) >= 11 is 0. The lowest BCUT2D eigenvalue weighted by Crippen LogP contribution is -2.63. The topological polar surface area (TPSA) is 142 Å². The highest BCUT2D eigenvalue weighted by Gasteiger charge is 2.54. The molecule has 1 aromatic rings. The summed E-state index contributed by atoms with van der Waals surface area (Å²) in [6.45, 7) is 12.1. The lowest BCUT2D eigenvalue weighted by molar-refractivity contribution is -0.288. The fraction of sp³-hybridized carbons (Fsp3) is 0.615. The van der Waals surface area contributed by atoms with Gasteiger partial charge in [-0.2, -0.15) is 0 Å². The number of carbonyl (C=O) groups excluding carboxylic acids is 4. The van der Waals surface area contributed by atoms with Gasteiger partial charge in [0.25, 0.3) is 0 Å². The van der Waals surface area contributed by atoms with Crippen molar-refractivity contribution in [2.24, 2.45) is 0 Å². The van der Waals surface area contributed by atoms with Crippen LogP contribution in [0.5, 0.6) is 5.75 Å². The lowest BCUT2D eigenvalue weighted by Gasteiger charge is -2.43. The van der Waals surface area contributed by atoms with Crippen molar-refractivity contribution in [3.05, 3.63) is 24.3 Å². The van der Waals surface area contributed by atoms with E-state index in [1.807, 2.05) is 27.7 Å². The average Bonchev–Trinajstić information content (AvgIpc) is 3.02. The molecule has 0 spiro atoms. The fourth-order valence-electron chi connectivity index (χ4n) is 4.10. The van der Waals surface area contributed by atoms with Crippen LogP contribution in [0.25, 0.3) is 0 Å². The molecule has 12 nitrogen and oxygen atoms in total. The van der Waals surface area contributed by atoms with Crippen molar-refractivity contribution in [1.82, 2.24) is 0 Å². The molecule has 0 saturated carbocycles. The maximum absolute atomic E-state index is 12.0. The number of ether oxygens (including phenoxy) is 6.